The molecule has 0 atom stereocenters. The highest BCUT2D eigenvalue weighted by Crippen LogP contribution is 2.37. The van der Waals surface area contributed by atoms with Crippen molar-refractivity contribution in [3.63, 3.8) is 0 Å². The van der Waals surface area contributed by atoms with Gasteiger partial charge in [-0.15, -0.1) is 0 Å². The van der Waals surface area contributed by atoms with E-state index in [9.17, 15) is 26.4 Å². The fraction of sp³-hybridized carbons (Fsp3) is 0.409. The van der Waals surface area contributed by atoms with Crippen molar-refractivity contribution in [3.8, 4) is 5.75 Å². The third kappa shape index (κ3) is 5.80. The number of alkyl halides is 3. The molecular weight excluding hydrogens is 481 g/mol. The molecule has 1 heterocycles. The molecule has 2 aromatic rings. The van der Waals surface area contributed by atoms with Gasteiger partial charge in [-0.3, -0.25) is 4.79 Å². The van der Waals surface area contributed by atoms with Gasteiger partial charge in [0.05, 0.1) is 22.8 Å². The zero-order valence-electron chi connectivity index (χ0n) is 18.1. The number of benzene rings is 2. The van der Waals surface area contributed by atoms with Crippen LogP contribution in [0.3, 0.4) is 0 Å². The summed E-state index contributed by atoms with van der Waals surface area (Å²) in [5.74, 6) is -0.598. The molecule has 0 unspecified atom stereocenters. The molecule has 0 bridgehead atoms. The zero-order chi connectivity index (χ0) is 24.4. The summed E-state index contributed by atoms with van der Waals surface area (Å²) < 4.78 is 72.6. The lowest BCUT2D eigenvalue weighted by Gasteiger charge is -2.31. The van der Waals surface area contributed by atoms with Gasteiger partial charge >= 0.3 is 6.18 Å². The number of nitrogens with one attached hydrogen (secondary N) is 1. The largest absolute Gasteiger partial charge is 0.494 e. The predicted octanol–water partition coefficient (Wildman–Crippen LogP) is 5.11. The second-order valence-corrected chi connectivity index (χ2v) is 10.1. The van der Waals surface area contributed by atoms with Gasteiger partial charge in [-0.1, -0.05) is 11.6 Å². The molecule has 0 saturated carbocycles. The molecule has 1 saturated heterocycles. The van der Waals surface area contributed by atoms with E-state index >= 15 is 0 Å². The first-order valence-electron chi connectivity index (χ1n) is 10.3. The van der Waals surface area contributed by atoms with Crippen molar-refractivity contribution in [2.45, 2.75) is 37.8 Å². The van der Waals surface area contributed by atoms with Crippen LogP contribution in [0.25, 0.3) is 0 Å². The van der Waals surface area contributed by atoms with Gasteiger partial charge in [0, 0.05) is 24.0 Å². The lowest BCUT2D eigenvalue weighted by atomic mass is 9.97. The van der Waals surface area contributed by atoms with E-state index in [1.165, 1.54) is 16.4 Å². The van der Waals surface area contributed by atoms with Crippen molar-refractivity contribution in [2.24, 2.45) is 5.92 Å². The Morgan fingerprint density at radius 1 is 1.18 bits per heavy atom. The topological polar surface area (TPSA) is 75.7 Å². The van der Waals surface area contributed by atoms with E-state index < -0.39 is 33.6 Å². The number of hydrogen-bond donors (Lipinski definition) is 1. The second kappa shape index (κ2) is 9.90. The molecule has 6 nitrogen and oxygen atoms in total. The quantitative estimate of drug-likeness (QED) is 0.593. The zero-order valence-corrected chi connectivity index (χ0v) is 19.6. The summed E-state index contributed by atoms with van der Waals surface area (Å²) in [7, 11) is -3.77. The normalized spacial score (nSPS) is 15.9. The van der Waals surface area contributed by atoms with Crippen LogP contribution in [0.2, 0.25) is 5.02 Å². The van der Waals surface area contributed by atoms with Crippen LogP contribution >= 0.6 is 11.6 Å². The number of sulfonamides is 1. The third-order valence-corrected chi connectivity index (χ3v) is 7.58. The van der Waals surface area contributed by atoms with Gasteiger partial charge < -0.3 is 10.1 Å². The van der Waals surface area contributed by atoms with Crippen LogP contribution in [-0.2, 0) is 21.0 Å². The highest BCUT2D eigenvalue weighted by atomic mass is 35.5. The summed E-state index contributed by atoms with van der Waals surface area (Å²) in [6.45, 7) is 4.22. The molecule has 1 amide bonds. The average molecular weight is 505 g/mol. The van der Waals surface area contributed by atoms with Crippen molar-refractivity contribution >= 4 is 33.2 Å². The lowest BCUT2D eigenvalue weighted by molar-refractivity contribution is -0.137. The highest BCUT2D eigenvalue weighted by Gasteiger charge is 2.36. The first-order valence-corrected chi connectivity index (χ1v) is 12.2. The molecule has 1 fully saturated rings. The number of ether oxygens (including phenoxy) is 1. The predicted molar refractivity (Wildman–Crippen MR) is 119 cm³/mol. The Labute approximate surface area is 195 Å². The van der Waals surface area contributed by atoms with Crippen molar-refractivity contribution in [1.29, 1.82) is 0 Å². The standard InChI is InChI=1S/C22H24ClF3N2O4S/c1-3-32-20-7-5-17(12-14(20)2)33(30,31)28-10-8-15(9-11-28)21(29)27-19-6-4-16(23)13-18(19)22(24,25)26/h4-7,12-13,15H,3,8-11H2,1-2H3,(H,27,29). The van der Waals surface area contributed by atoms with Gasteiger partial charge in [-0.25, -0.2) is 8.42 Å². The fourth-order valence-corrected chi connectivity index (χ4v) is 5.43. The summed E-state index contributed by atoms with van der Waals surface area (Å²) in [5.41, 5.74) is -0.721. The number of halogens is 4. The summed E-state index contributed by atoms with van der Waals surface area (Å²) in [6, 6.07) is 7.75. The molecule has 0 radical (unpaired) electrons. The Hall–Kier alpha value is -2.30. The van der Waals surface area contributed by atoms with Gasteiger partial charge in [0.15, 0.2) is 0 Å². The monoisotopic (exact) mass is 504 g/mol. The van der Waals surface area contributed by atoms with Crippen molar-refractivity contribution < 1.29 is 31.1 Å². The molecule has 1 aliphatic rings. The van der Waals surface area contributed by atoms with Crippen LogP contribution in [0.4, 0.5) is 18.9 Å². The van der Waals surface area contributed by atoms with Crippen LogP contribution in [0.5, 0.6) is 5.75 Å². The number of carbonyl (C=O) groups excluding carboxylic acids is 1. The maximum absolute atomic E-state index is 13.3. The molecule has 1 N–H and O–H groups in total. The number of hydrogen-bond acceptors (Lipinski definition) is 4. The van der Waals surface area contributed by atoms with Gasteiger partial charge in [0.1, 0.15) is 5.75 Å². The minimum atomic E-state index is -4.68. The third-order valence-electron chi connectivity index (χ3n) is 5.45. The number of anilines is 1. The number of aryl methyl sites for hydroxylation is 1. The Balaban J connectivity index is 1.67. The lowest BCUT2D eigenvalue weighted by Crippen LogP contribution is -2.41. The molecule has 33 heavy (non-hydrogen) atoms. The van der Waals surface area contributed by atoms with E-state index in [-0.39, 0.29) is 41.5 Å². The molecular formula is C22H24ClF3N2O4S. The summed E-state index contributed by atoms with van der Waals surface area (Å²) in [5, 5.41) is 2.23. The number of carbonyl (C=O) groups is 1. The van der Waals surface area contributed by atoms with E-state index in [1.54, 1.807) is 19.1 Å². The molecule has 1 aliphatic heterocycles. The smallest absolute Gasteiger partial charge is 0.418 e. The first-order chi connectivity index (χ1) is 15.4. The number of amides is 1. The van der Waals surface area contributed by atoms with E-state index in [0.717, 1.165) is 12.1 Å². The average Bonchev–Trinajstić information content (AvgIpc) is 2.75. The maximum atomic E-state index is 13.3. The maximum Gasteiger partial charge on any atom is 0.418 e. The molecule has 0 aromatic heterocycles. The highest BCUT2D eigenvalue weighted by molar-refractivity contribution is 7.89. The summed E-state index contributed by atoms with van der Waals surface area (Å²) in [6.07, 6.45) is -4.30. The number of piperidine rings is 1. The van der Waals surface area contributed by atoms with E-state index in [1.807, 2.05) is 6.92 Å². The molecule has 0 spiro atoms. The molecule has 0 aliphatic carbocycles. The van der Waals surface area contributed by atoms with Gasteiger partial charge in [0.25, 0.3) is 0 Å². The first kappa shape index (κ1) is 25.3. The number of nitrogens with zero attached hydrogens (tertiary/aromatic N) is 1. The van der Waals surface area contributed by atoms with E-state index in [0.29, 0.717) is 17.9 Å². The van der Waals surface area contributed by atoms with Crippen molar-refractivity contribution in [1.82, 2.24) is 4.31 Å². The van der Waals surface area contributed by atoms with Crippen LogP contribution in [0.15, 0.2) is 41.3 Å². The Bertz CT molecular complexity index is 1130. The van der Waals surface area contributed by atoms with Crippen molar-refractivity contribution in [3.05, 3.63) is 52.5 Å². The molecule has 11 heteroatoms. The van der Waals surface area contributed by atoms with Gasteiger partial charge in [0.2, 0.25) is 15.9 Å². The molecule has 2 aromatic carbocycles. The minimum absolute atomic E-state index is 0.0828. The van der Waals surface area contributed by atoms with E-state index in [4.69, 9.17) is 16.3 Å². The van der Waals surface area contributed by atoms with Crippen molar-refractivity contribution in [2.75, 3.05) is 25.0 Å². The van der Waals surface area contributed by atoms with Crippen LogP contribution < -0.4 is 10.1 Å². The fourth-order valence-electron chi connectivity index (χ4n) is 3.70. The van der Waals surface area contributed by atoms with E-state index in [2.05, 4.69) is 5.32 Å². The van der Waals surface area contributed by atoms with Crippen LogP contribution in [0.1, 0.15) is 30.9 Å². The minimum Gasteiger partial charge on any atom is -0.494 e. The molecule has 3 rings (SSSR count). The molecule has 180 valence electrons. The Morgan fingerprint density at radius 2 is 1.85 bits per heavy atom. The Morgan fingerprint density at radius 3 is 2.42 bits per heavy atom. The second-order valence-electron chi connectivity index (χ2n) is 7.72. The van der Waals surface area contributed by atoms with Gasteiger partial charge in [-0.05, 0) is 68.7 Å². The van der Waals surface area contributed by atoms with Gasteiger partial charge in [-0.2, -0.15) is 17.5 Å². The van der Waals surface area contributed by atoms with Crippen LogP contribution in [-0.4, -0.2) is 38.3 Å². The Kier molecular flexibility index (Phi) is 7.60. The van der Waals surface area contributed by atoms with Crippen LogP contribution in [0, 0.1) is 12.8 Å². The summed E-state index contributed by atoms with van der Waals surface area (Å²) in [4.78, 5) is 12.7. The summed E-state index contributed by atoms with van der Waals surface area (Å²) >= 11 is 5.67. The SMILES string of the molecule is CCOc1ccc(S(=O)(=O)N2CCC(C(=O)Nc3ccc(Cl)cc3C(F)(F)F)CC2)cc1C. The number of rotatable bonds is 6.